The SMILES string of the molecule is OCCOc1ccc(CN2CCc3[nH]nc(-c4ccccc4)c3C2)cc1. The first-order valence-corrected chi connectivity index (χ1v) is 9.00. The van der Waals surface area contributed by atoms with Gasteiger partial charge in [-0.15, -0.1) is 0 Å². The minimum absolute atomic E-state index is 0.0340. The van der Waals surface area contributed by atoms with Crippen molar-refractivity contribution in [3.63, 3.8) is 0 Å². The van der Waals surface area contributed by atoms with Crippen molar-refractivity contribution in [2.45, 2.75) is 19.5 Å². The van der Waals surface area contributed by atoms with Gasteiger partial charge in [-0.1, -0.05) is 42.5 Å². The molecular weight excluding hydrogens is 326 g/mol. The van der Waals surface area contributed by atoms with Gasteiger partial charge in [0.05, 0.1) is 12.3 Å². The Morgan fingerprint density at radius 3 is 2.65 bits per heavy atom. The maximum atomic E-state index is 8.83. The molecule has 5 nitrogen and oxygen atoms in total. The molecule has 0 aliphatic carbocycles. The molecule has 1 aliphatic heterocycles. The fourth-order valence-corrected chi connectivity index (χ4v) is 3.43. The highest BCUT2D eigenvalue weighted by Crippen LogP contribution is 2.29. The fourth-order valence-electron chi connectivity index (χ4n) is 3.43. The van der Waals surface area contributed by atoms with Crippen LogP contribution in [0, 0.1) is 0 Å². The average molecular weight is 349 g/mol. The highest BCUT2D eigenvalue weighted by Gasteiger charge is 2.22. The Bertz CT molecular complexity index is 843. The Labute approximate surface area is 153 Å². The Morgan fingerprint density at radius 1 is 1.08 bits per heavy atom. The lowest BCUT2D eigenvalue weighted by Gasteiger charge is -2.27. The van der Waals surface area contributed by atoms with Crippen molar-refractivity contribution in [3.05, 3.63) is 71.4 Å². The Kier molecular flexibility index (Phi) is 5.00. The zero-order valence-corrected chi connectivity index (χ0v) is 14.7. The van der Waals surface area contributed by atoms with Gasteiger partial charge in [0, 0.05) is 42.9 Å². The molecule has 0 unspecified atom stereocenters. The van der Waals surface area contributed by atoms with E-state index in [0.29, 0.717) is 6.61 Å². The van der Waals surface area contributed by atoms with Crippen LogP contribution in [0.25, 0.3) is 11.3 Å². The second kappa shape index (κ2) is 7.72. The lowest BCUT2D eigenvalue weighted by Crippen LogP contribution is -2.29. The van der Waals surface area contributed by atoms with E-state index in [0.717, 1.165) is 43.1 Å². The summed E-state index contributed by atoms with van der Waals surface area (Å²) in [6.07, 6.45) is 0.993. The molecular formula is C21H23N3O2. The Hall–Kier alpha value is -2.63. The van der Waals surface area contributed by atoms with Crippen LogP contribution < -0.4 is 4.74 Å². The van der Waals surface area contributed by atoms with Crippen molar-refractivity contribution in [3.8, 4) is 17.0 Å². The zero-order chi connectivity index (χ0) is 17.8. The van der Waals surface area contributed by atoms with Gasteiger partial charge in [0.2, 0.25) is 0 Å². The molecule has 0 saturated heterocycles. The maximum absolute atomic E-state index is 8.83. The van der Waals surface area contributed by atoms with E-state index >= 15 is 0 Å². The molecule has 2 heterocycles. The summed E-state index contributed by atoms with van der Waals surface area (Å²) in [5, 5.41) is 16.6. The van der Waals surface area contributed by atoms with Crippen LogP contribution in [0.1, 0.15) is 16.8 Å². The lowest BCUT2D eigenvalue weighted by molar-refractivity contribution is 0.201. The molecule has 2 aromatic carbocycles. The van der Waals surface area contributed by atoms with E-state index in [1.165, 1.54) is 16.8 Å². The fraction of sp³-hybridized carbons (Fsp3) is 0.286. The minimum Gasteiger partial charge on any atom is -0.491 e. The van der Waals surface area contributed by atoms with E-state index in [1.54, 1.807) is 0 Å². The van der Waals surface area contributed by atoms with Crippen LogP contribution in [0.4, 0.5) is 0 Å². The molecule has 0 fully saturated rings. The third-order valence-electron chi connectivity index (χ3n) is 4.75. The molecule has 3 aromatic rings. The van der Waals surface area contributed by atoms with E-state index in [2.05, 4.69) is 51.5 Å². The van der Waals surface area contributed by atoms with Gasteiger partial charge in [-0.3, -0.25) is 10.00 Å². The lowest BCUT2D eigenvalue weighted by atomic mass is 10.0. The molecule has 0 bridgehead atoms. The topological polar surface area (TPSA) is 61.4 Å². The number of ether oxygens (including phenoxy) is 1. The number of aliphatic hydroxyl groups is 1. The van der Waals surface area contributed by atoms with Gasteiger partial charge in [-0.25, -0.2) is 0 Å². The number of nitrogens with one attached hydrogen (secondary N) is 1. The Balaban J connectivity index is 1.46. The summed E-state index contributed by atoms with van der Waals surface area (Å²) in [5.41, 5.74) is 6.06. The zero-order valence-electron chi connectivity index (χ0n) is 14.7. The number of aromatic amines is 1. The number of hydrogen-bond donors (Lipinski definition) is 2. The van der Waals surface area contributed by atoms with Gasteiger partial charge in [0.15, 0.2) is 0 Å². The summed E-state index contributed by atoms with van der Waals surface area (Å²) in [6, 6.07) is 18.5. The van der Waals surface area contributed by atoms with E-state index in [1.807, 2.05) is 18.2 Å². The predicted molar refractivity (Wildman–Crippen MR) is 101 cm³/mol. The van der Waals surface area contributed by atoms with Gasteiger partial charge in [0.25, 0.3) is 0 Å². The third kappa shape index (κ3) is 3.64. The van der Waals surface area contributed by atoms with Crippen molar-refractivity contribution in [1.29, 1.82) is 0 Å². The van der Waals surface area contributed by atoms with E-state index in [-0.39, 0.29) is 6.61 Å². The molecule has 0 radical (unpaired) electrons. The average Bonchev–Trinajstić information content (AvgIpc) is 3.11. The monoisotopic (exact) mass is 349 g/mol. The molecule has 1 aliphatic rings. The number of aromatic nitrogens is 2. The molecule has 5 heteroatoms. The summed E-state index contributed by atoms with van der Waals surface area (Å²) in [7, 11) is 0. The molecule has 0 atom stereocenters. The van der Waals surface area contributed by atoms with E-state index in [4.69, 9.17) is 9.84 Å². The molecule has 26 heavy (non-hydrogen) atoms. The second-order valence-corrected chi connectivity index (χ2v) is 6.57. The van der Waals surface area contributed by atoms with Crippen LogP contribution in [0.3, 0.4) is 0 Å². The van der Waals surface area contributed by atoms with Gasteiger partial charge >= 0.3 is 0 Å². The van der Waals surface area contributed by atoms with Crippen LogP contribution >= 0.6 is 0 Å². The smallest absolute Gasteiger partial charge is 0.119 e. The van der Waals surface area contributed by atoms with E-state index in [9.17, 15) is 0 Å². The molecule has 4 rings (SSSR count). The molecule has 1 aromatic heterocycles. The highest BCUT2D eigenvalue weighted by atomic mass is 16.5. The number of fused-ring (bicyclic) bond motifs is 1. The molecule has 134 valence electrons. The van der Waals surface area contributed by atoms with Gasteiger partial charge in [-0.05, 0) is 17.7 Å². The van der Waals surface area contributed by atoms with Crippen molar-refractivity contribution >= 4 is 0 Å². The first-order chi connectivity index (χ1) is 12.8. The largest absolute Gasteiger partial charge is 0.491 e. The number of H-pyrrole nitrogens is 1. The molecule has 0 spiro atoms. The van der Waals surface area contributed by atoms with Crippen molar-refractivity contribution in [2.75, 3.05) is 19.8 Å². The van der Waals surface area contributed by atoms with Gasteiger partial charge < -0.3 is 9.84 Å². The van der Waals surface area contributed by atoms with Gasteiger partial charge in [0.1, 0.15) is 12.4 Å². The quantitative estimate of drug-likeness (QED) is 0.718. The highest BCUT2D eigenvalue weighted by molar-refractivity contribution is 5.64. The van der Waals surface area contributed by atoms with Crippen LogP contribution in [0.15, 0.2) is 54.6 Å². The summed E-state index contributed by atoms with van der Waals surface area (Å²) >= 11 is 0. The standard InChI is InChI=1S/C21H23N3O2/c25-12-13-26-18-8-6-16(7-9-18)14-24-11-10-20-19(15-24)21(23-22-20)17-4-2-1-3-5-17/h1-9,25H,10-15H2,(H,22,23). The number of benzene rings is 2. The van der Waals surface area contributed by atoms with Crippen LogP contribution in [-0.4, -0.2) is 40.0 Å². The predicted octanol–water partition coefficient (Wildman–Crippen LogP) is 3.01. The third-order valence-corrected chi connectivity index (χ3v) is 4.75. The number of hydrogen-bond acceptors (Lipinski definition) is 4. The number of nitrogens with zero attached hydrogens (tertiary/aromatic N) is 2. The van der Waals surface area contributed by atoms with Gasteiger partial charge in [-0.2, -0.15) is 5.10 Å². The first-order valence-electron chi connectivity index (χ1n) is 9.00. The summed E-state index contributed by atoms with van der Waals surface area (Å²) in [4.78, 5) is 2.45. The summed E-state index contributed by atoms with van der Waals surface area (Å²) < 4.78 is 5.42. The molecule has 0 amide bonds. The van der Waals surface area contributed by atoms with Crippen LogP contribution in [-0.2, 0) is 19.5 Å². The first kappa shape index (κ1) is 16.8. The van der Waals surface area contributed by atoms with Crippen molar-refractivity contribution in [1.82, 2.24) is 15.1 Å². The number of rotatable bonds is 6. The van der Waals surface area contributed by atoms with Crippen LogP contribution in [0.2, 0.25) is 0 Å². The normalized spacial score (nSPS) is 14.2. The van der Waals surface area contributed by atoms with Crippen molar-refractivity contribution in [2.24, 2.45) is 0 Å². The molecule has 0 saturated carbocycles. The summed E-state index contributed by atoms with van der Waals surface area (Å²) in [6.45, 7) is 3.19. The Morgan fingerprint density at radius 2 is 1.88 bits per heavy atom. The summed E-state index contributed by atoms with van der Waals surface area (Å²) in [5.74, 6) is 0.796. The minimum atomic E-state index is 0.0340. The number of aliphatic hydroxyl groups excluding tert-OH is 1. The maximum Gasteiger partial charge on any atom is 0.119 e. The van der Waals surface area contributed by atoms with Crippen molar-refractivity contribution < 1.29 is 9.84 Å². The molecule has 2 N–H and O–H groups in total. The second-order valence-electron chi connectivity index (χ2n) is 6.57. The van der Waals surface area contributed by atoms with E-state index < -0.39 is 0 Å². The van der Waals surface area contributed by atoms with Crippen LogP contribution in [0.5, 0.6) is 5.75 Å².